The lowest BCUT2D eigenvalue weighted by Gasteiger charge is -2.13. The van der Waals surface area contributed by atoms with Crippen LogP contribution in [0, 0.1) is 0 Å². The molecule has 0 heterocycles. The van der Waals surface area contributed by atoms with Crippen LogP contribution in [-0.4, -0.2) is 25.9 Å². The summed E-state index contributed by atoms with van der Waals surface area (Å²) in [5.74, 6) is 0.844. The molecule has 0 radical (unpaired) electrons. The normalized spacial score (nSPS) is 12.4. The first-order valence-electron chi connectivity index (χ1n) is 6.38. The summed E-state index contributed by atoms with van der Waals surface area (Å²) in [5, 5.41) is 0.709. The molecular weight excluding hydrogens is 250 g/mol. The second-order valence-corrected chi connectivity index (χ2v) is 4.83. The van der Waals surface area contributed by atoms with Crippen molar-refractivity contribution in [2.75, 3.05) is 19.8 Å². The zero-order valence-electron chi connectivity index (χ0n) is 11.1. The Morgan fingerprint density at radius 2 is 2.06 bits per heavy atom. The van der Waals surface area contributed by atoms with E-state index >= 15 is 0 Å². The Balaban J connectivity index is 2.52. The van der Waals surface area contributed by atoms with Crippen molar-refractivity contribution in [3.05, 3.63) is 28.8 Å². The second kappa shape index (κ2) is 8.35. The molecule has 2 N–H and O–H groups in total. The summed E-state index contributed by atoms with van der Waals surface area (Å²) < 4.78 is 11.1. The fourth-order valence-electron chi connectivity index (χ4n) is 1.65. The molecule has 0 spiro atoms. The number of rotatable bonds is 8. The van der Waals surface area contributed by atoms with E-state index in [0.717, 1.165) is 30.8 Å². The average molecular weight is 272 g/mol. The lowest BCUT2D eigenvalue weighted by molar-refractivity contribution is 0.100. The Labute approximate surface area is 114 Å². The number of ether oxygens (including phenoxy) is 2. The van der Waals surface area contributed by atoms with Crippen LogP contribution in [0.4, 0.5) is 0 Å². The zero-order valence-corrected chi connectivity index (χ0v) is 11.9. The monoisotopic (exact) mass is 271 g/mol. The van der Waals surface area contributed by atoms with Crippen LogP contribution in [0.2, 0.25) is 5.02 Å². The van der Waals surface area contributed by atoms with Crippen LogP contribution >= 0.6 is 11.6 Å². The highest BCUT2D eigenvalue weighted by atomic mass is 35.5. The summed E-state index contributed by atoms with van der Waals surface area (Å²) in [4.78, 5) is 0. The van der Waals surface area contributed by atoms with Gasteiger partial charge in [-0.25, -0.2) is 0 Å². The molecular formula is C14H22ClNO2. The van der Waals surface area contributed by atoms with Crippen molar-refractivity contribution in [1.29, 1.82) is 0 Å². The van der Waals surface area contributed by atoms with Crippen LogP contribution in [0.5, 0.6) is 5.75 Å². The quantitative estimate of drug-likeness (QED) is 0.739. The third-order valence-electron chi connectivity index (χ3n) is 2.40. The predicted molar refractivity (Wildman–Crippen MR) is 75.4 cm³/mol. The first-order valence-corrected chi connectivity index (χ1v) is 6.75. The maximum absolute atomic E-state index is 5.98. The highest BCUT2D eigenvalue weighted by Crippen LogP contribution is 2.24. The summed E-state index contributed by atoms with van der Waals surface area (Å²) in [7, 11) is 0. The Morgan fingerprint density at radius 3 is 2.72 bits per heavy atom. The SMILES string of the molecule is CCCOCCOc1ccc(Cl)cc1CC(C)N. The van der Waals surface area contributed by atoms with Crippen LogP contribution in [0.1, 0.15) is 25.8 Å². The average Bonchev–Trinajstić information content (AvgIpc) is 2.30. The highest BCUT2D eigenvalue weighted by molar-refractivity contribution is 6.30. The smallest absolute Gasteiger partial charge is 0.122 e. The van der Waals surface area contributed by atoms with Crippen LogP contribution in [0.25, 0.3) is 0 Å². The molecule has 0 aliphatic rings. The number of benzene rings is 1. The van der Waals surface area contributed by atoms with Crippen molar-refractivity contribution in [2.24, 2.45) is 5.73 Å². The van der Waals surface area contributed by atoms with Crippen molar-refractivity contribution in [3.63, 3.8) is 0 Å². The van der Waals surface area contributed by atoms with Crippen molar-refractivity contribution in [3.8, 4) is 5.75 Å². The topological polar surface area (TPSA) is 44.5 Å². The Bertz CT molecular complexity index is 356. The van der Waals surface area contributed by atoms with E-state index in [1.165, 1.54) is 0 Å². The molecule has 0 aliphatic carbocycles. The van der Waals surface area contributed by atoms with Gasteiger partial charge in [0.1, 0.15) is 12.4 Å². The third kappa shape index (κ3) is 5.71. The van der Waals surface area contributed by atoms with Gasteiger partial charge in [0.05, 0.1) is 6.61 Å². The fourth-order valence-corrected chi connectivity index (χ4v) is 1.85. The first kappa shape index (κ1) is 15.3. The summed E-state index contributed by atoms with van der Waals surface area (Å²) in [6.07, 6.45) is 1.78. The summed E-state index contributed by atoms with van der Waals surface area (Å²) in [6, 6.07) is 5.71. The van der Waals surface area contributed by atoms with Gasteiger partial charge < -0.3 is 15.2 Å². The lowest BCUT2D eigenvalue weighted by Crippen LogP contribution is -2.18. The molecule has 0 saturated carbocycles. The molecule has 18 heavy (non-hydrogen) atoms. The fraction of sp³-hybridized carbons (Fsp3) is 0.571. The first-order chi connectivity index (χ1) is 8.63. The number of hydrogen-bond acceptors (Lipinski definition) is 3. The molecule has 0 fully saturated rings. The van der Waals surface area contributed by atoms with Crippen molar-refractivity contribution in [2.45, 2.75) is 32.7 Å². The minimum Gasteiger partial charge on any atom is -0.491 e. The third-order valence-corrected chi connectivity index (χ3v) is 2.63. The van der Waals surface area contributed by atoms with Gasteiger partial charge in [-0.3, -0.25) is 0 Å². The van der Waals surface area contributed by atoms with Crippen LogP contribution in [-0.2, 0) is 11.2 Å². The molecule has 3 nitrogen and oxygen atoms in total. The van der Waals surface area contributed by atoms with Gasteiger partial charge in [-0.2, -0.15) is 0 Å². The molecule has 1 aromatic rings. The van der Waals surface area contributed by atoms with E-state index in [1.54, 1.807) is 0 Å². The number of halogens is 1. The van der Waals surface area contributed by atoms with E-state index in [1.807, 2.05) is 25.1 Å². The summed E-state index contributed by atoms with van der Waals surface area (Å²) >= 11 is 5.98. The maximum atomic E-state index is 5.98. The highest BCUT2D eigenvalue weighted by Gasteiger charge is 2.07. The number of hydrogen-bond donors (Lipinski definition) is 1. The molecule has 0 aliphatic heterocycles. The molecule has 0 amide bonds. The van der Waals surface area contributed by atoms with Crippen LogP contribution in [0.15, 0.2) is 18.2 Å². The molecule has 1 rings (SSSR count). The minimum absolute atomic E-state index is 0.0853. The standard InChI is InChI=1S/C14H22ClNO2/c1-3-6-17-7-8-18-14-5-4-13(15)10-12(14)9-11(2)16/h4-5,10-11H,3,6-9,16H2,1-2H3. The molecule has 102 valence electrons. The summed E-state index contributed by atoms with van der Waals surface area (Å²) in [5.41, 5.74) is 6.86. The Hall–Kier alpha value is -0.770. The molecule has 0 saturated heterocycles. The van der Waals surface area contributed by atoms with E-state index in [2.05, 4.69) is 6.92 Å². The van der Waals surface area contributed by atoms with Crippen LogP contribution < -0.4 is 10.5 Å². The molecule has 0 bridgehead atoms. The molecule has 1 atom stereocenters. The molecule has 1 aromatic carbocycles. The predicted octanol–water partition coefficient (Wildman–Crippen LogP) is 3.04. The zero-order chi connectivity index (χ0) is 13.4. The second-order valence-electron chi connectivity index (χ2n) is 4.39. The van der Waals surface area contributed by atoms with Gasteiger partial charge in [0.2, 0.25) is 0 Å². The van der Waals surface area contributed by atoms with Gasteiger partial charge >= 0.3 is 0 Å². The molecule has 4 heteroatoms. The minimum atomic E-state index is 0.0853. The van der Waals surface area contributed by atoms with E-state index in [4.69, 9.17) is 26.8 Å². The van der Waals surface area contributed by atoms with Crippen molar-refractivity contribution >= 4 is 11.6 Å². The van der Waals surface area contributed by atoms with Gasteiger partial charge in [-0.1, -0.05) is 18.5 Å². The van der Waals surface area contributed by atoms with Crippen molar-refractivity contribution in [1.82, 2.24) is 0 Å². The van der Waals surface area contributed by atoms with Gasteiger partial charge in [0.25, 0.3) is 0 Å². The largest absolute Gasteiger partial charge is 0.491 e. The Morgan fingerprint density at radius 1 is 1.28 bits per heavy atom. The van der Waals surface area contributed by atoms with E-state index in [0.29, 0.717) is 18.2 Å². The van der Waals surface area contributed by atoms with E-state index in [-0.39, 0.29) is 6.04 Å². The van der Waals surface area contributed by atoms with E-state index < -0.39 is 0 Å². The Kier molecular flexibility index (Phi) is 7.09. The van der Waals surface area contributed by atoms with Crippen molar-refractivity contribution < 1.29 is 9.47 Å². The van der Waals surface area contributed by atoms with Gasteiger partial charge in [-0.05, 0) is 43.5 Å². The summed E-state index contributed by atoms with van der Waals surface area (Å²) in [6.45, 7) is 5.98. The van der Waals surface area contributed by atoms with Crippen LogP contribution in [0.3, 0.4) is 0 Å². The van der Waals surface area contributed by atoms with Gasteiger partial charge in [0, 0.05) is 17.7 Å². The maximum Gasteiger partial charge on any atom is 0.122 e. The van der Waals surface area contributed by atoms with Gasteiger partial charge in [0.15, 0.2) is 0 Å². The molecule has 1 unspecified atom stereocenters. The van der Waals surface area contributed by atoms with Gasteiger partial charge in [-0.15, -0.1) is 0 Å². The lowest BCUT2D eigenvalue weighted by atomic mass is 10.1. The number of nitrogens with two attached hydrogens (primary N) is 1. The van der Waals surface area contributed by atoms with E-state index in [9.17, 15) is 0 Å². The molecule has 0 aromatic heterocycles.